The minimum absolute atomic E-state index is 0.142. The molecular formula is C34H46BrNO4. The lowest BCUT2D eigenvalue weighted by Crippen LogP contribution is -2.30. The Balaban J connectivity index is 1.54. The first kappa shape index (κ1) is 31.9. The molecule has 0 spiro atoms. The van der Waals surface area contributed by atoms with E-state index in [-0.39, 0.29) is 11.3 Å². The first-order valence-corrected chi connectivity index (χ1v) is 16.0. The normalized spacial score (nSPS) is 16.6. The standard InChI is InChI=1S/C34H46BrNO4/c1-3-4-5-6-7-8-9-10-11-12-13-14-15-16-25-36-31(26-17-21-28(35)22-18-26)30(33(38)34(36)39)32(37)27-19-23-29(40-2)24-20-27/h17-24,31,37H,3-16,25H2,1-2H3/b32-30+/t31-/m0/s1. The molecule has 1 aliphatic rings. The highest BCUT2D eigenvalue weighted by atomic mass is 79.9. The van der Waals surface area contributed by atoms with Gasteiger partial charge in [-0.15, -0.1) is 0 Å². The first-order valence-electron chi connectivity index (χ1n) is 15.2. The monoisotopic (exact) mass is 611 g/mol. The summed E-state index contributed by atoms with van der Waals surface area (Å²) in [7, 11) is 1.57. The van der Waals surface area contributed by atoms with E-state index in [0.29, 0.717) is 17.9 Å². The van der Waals surface area contributed by atoms with Crippen molar-refractivity contribution in [1.29, 1.82) is 0 Å². The number of amides is 1. The molecule has 6 heteroatoms. The van der Waals surface area contributed by atoms with E-state index < -0.39 is 17.7 Å². The number of hydrogen-bond acceptors (Lipinski definition) is 4. The molecule has 218 valence electrons. The molecule has 5 nitrogen and oxygen atoms in total. The number of rotatable bonds is 18. The highest BCUT2D eigenvalue weighted by molar-refractivity contribution is 9.10. The summed E-state index contributed by atoms with van der Waals surface area (Å²) in [6.07, 6.45) is 17.7. The second kappa shape index (κ2) is 17.3. The number of carbonyl (C=O) groups excluding carboxylic acids is 2. The van der Waals surface area contributed by atoms with Crippen molar-refractivity contribution in [2.45, 2.75) is 103 Å². The second-order valence-electron chi connectivity index (χ2n) is 10.9. The molecule has 1 N–H and O–H groups in total. The van der Waals surface area contributed by atoms with Crippen LogP contribution >= 0.6 is 15.9 Å². The smallest absolute Gasteiger partial charge is 0.295 e. The van der Waals surface area contributed by atoms with Crippen LogP contribution in [-0.2, 0) is 9.59 Å². The minimum Gasteiger partial charge on any atom is -0.507 e. The third-order valence-electron chi connectivity index (χ3n) is 7.84. The summed E-state index contributed by atoms with van der Waals surface area (Å²) in [6, 6.07) is 13.9. The Bertz CT molecular complexity index is 1090. The molecule has 0 bridgehead atoms. The molecule has 1 atom stereocenters. The van der Waals surface area contributed by atoms with Crippen LogP contribution < -0.4 is 4.74 Å². The highest BCUT2D eigenvalue weighted by Crippen LogP contribution is 2.40. The molecule has 3 rings (SSSR count). The maximum absolute atomic E-state index is 13.2. The molecule has 2 aromatic rings. The van der Waals surface area contributed by atoms with Crippen LogP contribution in [0.1, 0.15) is 114 Å². The van der Waals surface area contributed by atoms with Crippen LogP contribution in [0.5, 0.6) is 5.75 Å². The van der Waals surface area contributed by atoms with Gasteiger partial charge in [-0.2, -0.15) is 0 Å². The van der Waals surface area contributed by atoms with Crippen molar-refractivity contribution in [2.75, 3.05) is 13.7 Å². The van der Waals surface area contributed by atoms with Crippen LogP contribution in [0.4, 0.5) is 0 Å². The Hall–Kier alpha value is -2.60. The summed E-state index contributed by atoms with van der Waals surface area (Å²) < 4.78 is 6.13. The van der Waals surface area contributed by atoms with Crippen LogP contribution in [0, 0.1) is 0 Å². The Morgan fingerprint density at radius 1 is 0.775 bits per heavy atom. The van der Waals surface area contributed by atoms with Gasteiger partial charge in [0.25, 0.3) is 11.7 Å². The topological polar surface area (TPSA) is 66.8 Å². The maximum Gasteiger partial charge on any atom is 0.295 e. The van der Waals surface area contributed by atoms with E-state index in [1.165, 1.54) is 70.6 Å². The van der Waals surface area contributed by atoms with Crippen molar-refractivity contribution in [3.05, 3.63) is 69.7 Å². The van der Waals surface area contributed by atoms with Gasteiger partial charge in [-0.3, -0.25) is 9.59 Å². The quantitative estimate of drug-likeness (QED) is 0.0789. The minimum atomic E-state index is -0.633. The van der Waals surface area contributed by atoms with E-state index in [0.717, 1.165) is 29.3 Å². The third-order valence-corrected chi connectivity index (χ3v) is 8.37. The van der Waals surface area contributed by atoms with Crippen LogP contribution in [0.2, 0.25) is 0 Å². The molecule has 1 fully saturated rings. The molecule has 2 aromatic carbocycles. The summed E-state index contributed by atoms with van der Waals surface area (Å²) in [6.45, 7) is 2.75. The Labute approximate surface area is 249 Å². The van der Waals surface area contributed by atoms with E-state index >= 15 is 0 Å². The van der Waals surface area contributed by atoms with E-state index in [1.807, 2.05) is 24.3 Å². The molecule has 0 aromatic heterocycles. The van der Waals surface area contributed by atoms with Crippen molar-refractivity contribution in [2.24, 2.45) is 0 Å². The van der Waals surface area contributed by atoms with Gasteiger partial charge in [0.2, 0.25) is 0 Å². The Kier molecular flexibility index (Phi) is 13.8. The zero-order valence-corrected chi connectivity index (χ0v) is 25.9. The van der Waals surface area contributed by atoms with E-state index in [2.05, 4.69) is 22.9 Å². The number of unbranched alkanes of at least 4 members (excludes halogenated alkanes) is 13. The molecule has 0 radical (unpaired) electrons. The number of aliphatic hydroxyl groups is 1. The zero-order valence-electron chi connectivity index (χ0n) is 24.3. The van der Waals surface area contributed by atoms with Crippen LogP contribution in [0.25, 0.3) is 5.76 Å². The van der Waals surface area contributed by atoms with E-state index in [1.54, 1.807) is 36.3 Å². The first-order chi connectivity index (χ1) is 19.5. The molecule has 40 heavy (non-hydrogen) atoms. The third kappa shape index (κ3) is 9.22. The summed E-state index contributed by atoms with van der Waals surface area (Å²) in [4.78, 5) is 28.0. The number of methoxy groups -OCH3 is 1. The van der Waals surface area contributed by atoms with E-state index in [4.69, 9.17) is 4.74 Å². The van der Waals surface area contributed by atoms with E-state index in [9.17, 15) is 14.7 Å². The van der Waals surface area contributed by atoms with Crippen molar-refractivity contribution >= 4 is 33.4 Å². The summed E-state index contributed by atoms with van der Waals surface area (Å²) in [5, 5.41) is 11.2. The van der Waals surface area contributed by atoms with Gasteiger partial charge in [-0.05, 0) is 48.4 Å². The molecule has 1 heterocycles. The van der Waals surface area contributed by atoms with Gasteiger partial charge >= 0.3 is 0 Å². The predicted molar refractivity (Wildman–Crippen MR) is 166 cm³/mol. The zero-order chi connectivity index (χ0) is 28.7. The summed E-state index contributed by atoms with van der Waals surface area (Å²) in [5.74, 6) is -0.680. The molecule has 0 aliphatic carbocycles. The fourth-order valence-electron chi connectivity index (χ4n) is 5.48. The van der Waals surface area contributed by atoms with Crippen molar-refractivity contribution in [3.63, 3.8) is 0 Å². The Morgan fingerprint density at radius 2 is 1.27 bits per heavy atom. The number of hydrogen-bond donors (Lipinski definition) is 1. The van der Waals surface area contributed by atoms with Crippen molar-refractivity contribution in [1.82, 2.24) is 4.90 Å². The molecule has 0 unspecified atom stereocenters. The van der Waals surface area contributed by atoms with Gasteiger partial charge in [0.05, 0.1) is 18.7 Å². The number of benzene rings is 2. The van der Waals surface area contributed by atoms with Gasteiger partial charge in [0.1, 0.15) is 11.5 Å². The number of likely N-dealkylation sites (tertiary alicyclic amines) is 1. The SMILES string of the molecule is CCCCCCCCCCCCCCCCN1C(=O)C(=O)/C(=C(/O)c2ccc(OC)cc2)[C@@H]1c1ccc(Br)cc1. The molecular weight excluding hydrogens is 566 g/mol. The van der Waals surface area contributed by atoms with Crippen molar-refractivity contribution < 1.29 is 19.4 Å². The van der Waals surface area contributed by atoms with Crippen LogP contribution in [0.15, 0.2) is 58.6 Å². The van der Waals surface area contributed by atoms with Gasteiger partial charge in [0, 0.05) is 16.6 Å². The average molecular weight is 613 g/mol. The number of halogens is 1. The molecule has 1 saturated heterocycles. The van der Waals surface area contributed by atoms with Gasteiger partial charge in [0.15, 0.2) is 0 Å². The number of nitrogens with zero attached hydrogens (tertiary/aromatic N) is 1. The average Bonchev–Trinajstić information content (AvgIpc) is 3.22. The number of Topliss-reactive ketones (excluding diaryl/α,β-unsaturated/α-hetero) is 1. The fourth-order valence-corrected chi connectivity index (χ4v) is 5.75. The van der Waals surface area contributed by atoms with Gasteiger partial charge in [-0.1, -0.05) is 118 Å². The number of ether oxygens (including phenoxy) is 1. The lowest BCUT2D eigenvalue weighted by atomic mass is 9.95. The molecule has 1 aliphatic heterocycles. The summed E-state index contributed by atoms with van der Waals surface area (Å²) in [5.41, 5.74) is 1.43. The second-order valence-corrected chi connectivity index (χ2v) is 11.8. The lowest BCUT2D eigenvalue weighted by molar-refractivity contribution is -0.139. The number of ketones is 1. The fraction of sp³-hybridized carbons (Fsp3) is 0.529. The van der Waals surface area contributed by atoms with Crippen LogP contribution in [-0.4, -0.2) is 35.4 Å². The van der Waals surface area contributed by atoms with Crippen molar-refractivity contribution in [3.8, 4) is 5.75 Å². The Morgan fingerprint density at radius 3 is 1.77 bits per heavy atom. The number of carbonyl (C=O) groups is 2. The van der Waals surface area contributed by atoms with Crippen LogP contribution in [0.3, 0.4) is 0 Å². The molecule has 1 amide bonds. The predicted octanol–water partition coefficient (Wildman–Crippen LogP) is 9.36. The summed E-state index contributed by atoms with van der Waals surface area (Å²) >= 11 is 3.47. The van der Waals surface area contributed by atoms with Gasteiger partial charge in [-0.25, -0.2) is 0 Å². The lowest BCUT2D eigenvalue weighted by Gasteiger charge is -2.25. The van der Waals surface area contributed by atoms with Gasteiger partial charge < -0.3 is 14.7 Å². The largest absolute Gasteiger partial charge is 0.507 e. The highest BCUT2D eigenvalue weighted by Gasteiger charge is 2.45. The maximum atomic E-state index is 13.2. The molecule has 0 saturated carbocycles. The number of aliphatic hydroxyl groups excluding tert-OH is 1.